The number of rotatable bonds is 4. The Morgan fingerprint density at radius 1 is 1.43 bits per heavy atom. The molecule has 0 spiro atoms. The van der Waals surface area contributed by atoms with Crippen LogP contribution in [0.5, 0.6) is 0 Å². The molecule has 0 atom stereocenters. The van der Waals surface area contributed by atoms with Crippen molar-refractivity contribution in [3.63, 3.8) is 0 Å². The third kappa shape index (κ3) is 6.73. The van der Waals surface area contributed by atoms with Crippen LogP contribution in [0.3, 0.4) is 0 Å². The van der Waals surface area contributed by atoms with E-state index in [-0.39, 0.29) is 0 Å². The molecule has 0 aliphatic heterocycles. The van der Waals surface area contributed by atoms with Crippen molar-refractivity contribution in [2.45, 2.75) is 0 Å². The SMILES string of the molecule is ClCCOCCBr. The van der Waals surface area contributed by atoms with Crippen LogP contribution in [0.4, 0.5) is 0 Å². The Morgan fingerprint density at radius 3 is 2.57 bits per heavy atom. The van der Waals surface area contributed by atoms with Gasteiger partial charge in [0.05, 0.1) is 13.2 Å². The van der Waals surface area contributed by atoms with E-state index < -0.39 is 0 Å². The lowest BCUT2D eigenvalue weighted by atomic mass is 10.8. The van der Waals surface area contributed by atoms with Gasteiger partial charge in [-0.05, 0) is 0 Å². The van der Waals surface area contributed by atoms with Gasteiger partial charge in [0.1, 0.15) is 0 Å². The third-order valence-corrected chi connectivity index (χ3v) is 0.921. The highest BCUT2D eigenvalue weighted by Crippen LogP contribution is 1.82. The zero-order chi connectivity index (χ0) is 5.54. The average molecular weight is 187 g/mol. The molecule has 0 radical (unpaired) electrons. The molecule has 0 aliphatic carbocycles. The minimum Gasteiger partial charge on any atom is -0.379 e. The molecule has 0 aliphatic rings. The number of ether oxygens (including phenoxy) is 1. The second kappa shape index (κ2) is 6.73. The molecule has 44 valence electrons. The normalized spacial score (nSPS) is 9.43. The van der Waals surface area contributed by atoms with E-state index in [2.05, 4.69) is 15.9 Å². The second-order valence-corrected chi connectivity index (χ2v) is 2.16. The lowest BCUT2D eigenvalue weighted by Gasteiger charge is -1.93. The van der Waals surface area contributed by atoms with Gasteiger partial charge in [0.2, 0.25) is 0 Å². The van der Waals surface area contributed by atoms with E-state index >= 15 is 0 Å². The van der Waals surface area contributed by atoms with Crippen LogP contribution in [0.2, 0.25) is 0 Å². The van der Waals surface area contributed by atoms with E-state index in [4.69, 9.17) is 16.3 Å². The van der Waals surface area contributed by atoms with Gasteiger partial charge in [-0.1, -0.05) is 15.9 Å². The first-order chi connectivity index (χ1) is 3.41. The van der Waals surface area contributed by atoms with Crippen molar-refractivity contribution in [1.82, 2.24) is 0 Å². The predicted molar refractivity (Wildman–Crippen MR) is 35.3 cm³/mol. The van der Waals surface area contributed by atoms with Gasteiger partial charge in [-0.3, -0.25) is 0 Å². The molecule has 0 aromatic heterocycles. The smallest absolute Gasteiger partial charge is 0.0602 e. The molecule has 0 unspecified atom stereocenters. The summed E-state index contributed by atoms with van der Waals surface area (Å²) in [6, 6.07) is 0. The minimum atomic E-state index is 0.590. The van der Waals surface area contributed by atoms with Gasteiger partial charge in [-0.15, -0.1) is 11.6 Å². The highest BCUT2D eigenvalue weighted by atomic mass is 79.9. The fraction of sp³-hybridized carbons (Fsp3) is 1.00. The summed E-state index contributed by atoms with van der Waals surface area (Å²) < 4.78 is 4.95. The quantitative estimate of drug-likeness (QED) is 0.480. The van der Waals surface area contributed by atoms with E-state index in [1.807, 2.05) is 0 Å². The molecule has 0 aromatic carbocycles. The van der Waals surface area contributed by atoms with Crippen molar-refractivity contribution in [2.75, 3.05) is 24.4 Å². The van der Waals surface area contributed by atoms with Crippen molar-refractivity contribution in [3.05, 3.63) is 0 Å². The maximum absolute atomic E-state index is 5.30. The first-order valence-corrected chi connectivity index (χ1v) is 3.77. The highest BCUT2D eigenvalue weighted by molar-refractivity contribution is 9.09. The van der Waals surface area contributed by atoms with E-state index in [0.717, 1.165) is 11.9 Å². The molecular formula is C4H8BrClO. The zero-order valence-electron chi connectivity index (χ0n) is 3.99. The summed E-state index contributed by atoms with van der Waals surface area (Å²) in [7, 11) is 0. The third-order valence-electron chi connectivity index (χ3n) is 0.443. The molecule has 0 aromatic rings. The summed E-state index contributed by atoms with van der Waals surface area (Å²) in [6.45, 7) is 1.42. The number of hydrogen-bond donors (Lipinski definition) is 0. The summed E-state index contributed by atoms with van der Waals surface area (Å²) in [5.41, 5.74) is 0. The minimum absolute atomic E-state index is 0.590. The monoisotopic (exact) mass is 186 g/mol. The van der Waals surface area contributed by atoms with E-state index in [9.17, 15) is 0 Å². The van der Waals surface area contributed by atoms with Gasteiger partial charge in [-0.25, -0.2) is 0 Å². The van der Waals surface area contributed by atoms with E-state index in [1.165, 1.54) is 0 Å². The van der Waals surface area contributed by atoms with Crippen LogP contribution in [0, 0.1) is 0 Å². The molecule has 0 saturated carbocycles. The Kier molecular flexibility index (Phi) is 7.43. The average Bonchev–Trinajstić information content (AvgIpc) is 1.69. The summed E-state index contributed by atoms with van der Waals surface area (Å²) >= 11 is 8.51. The maximum Gasteiger partial charge on any atom is 0.0602 e. The molecule has 7 heavy (non-hydrogen) atoms. The van der Waals surface area contributed by atoms with Crippen LogP contribution in [0.1, 0.15) is 0 Å². The first kappa shape index (κ1) is 7.73. The highest BCUT2D eigenvalue weighted by Gasteiger charge is 1.80. The van der Waals surface area contributed by atoms with Gasteiger partial charge in [0.15, 0.2) is 0 Å². The molecule has 1 nitrogen and oxygen atoms in total. The fourth-order valence-electron chi connectivity index (χ4n) is 0.211. The van der Waals surface area contributed by atoms with Crippen molar-refractivity contribution >= 4 is 27.5 Å². The Labute approximate surface area is 57.1 Å². The van der Waals surface area contributed by atoms with Crippen molar-refractivity contribution in [3.8, 4) is 0 Å². The summed E-state index contributed by atoms with van der Waals surface area (Å²) in [6.07, 6.45) is 0. The fourth-order valence-corrected chi connectivity index (χ4v) is 0.549. The van der Waals surface area contributed by atoms with Crippen LogP contribution < -0.4 is 0 Å². The summed E-state index contributed by atoms with van der Waals surface area (Å²) in [5, 5.41) is 0.893. The molecular weight excluding hydrogens is 179 g/mol. The van der Waals surface area contributed by atoms with Crippen LogP contribution in [0.15, 0.2) is 0 Å². The number of alkyl halides is 2. The Balaban J connectivity index is 2.45. The van der Waals surface area contributed by atoms with Crippen LogP contribution in [-0.4, -0.2) is 24.4 Å². The molecule has 3 heteroatoms. The lowest BCUT2D eigenvalue weighted by molar-refractivity contribution is 0.167. The van der Waals surface area contributed by atoms with Crippen LogP contribution in [0.25, 0.3) is 0 Å². The molecule has 0 amide bonds. The molecule has 0 bridgehead atoms. The molecule has 0 heterocycles. The molecule has 0 N–H and O–H groups in total. The second-order valence-electron chi connectivity index (χ2n) is 0.990. The summed E-state index contributed by atoms with van der Waals surface area (Å²) in [4.78, 5) is 0. The van der Waals surface area contributed by atoms with Crippen LogP contribution >= 0.6 is 27.5 Å². The van der Waals surface area contributed by atoms with Gasteiger partial charge in [0, 0.05) is 11.2 Å². The van der Waals surface area contributed by atoms with Crippen molar-refractivity contribution in [2.24, 2.45) is 0 Å². The molecule has 0 saturated heterocycles. The van der Waals surface area contributed by atoms with Gasteiger partial charge in [0.25, 0.3) is 0 Å². The first-order valence-electron chi connectivity index (χ1n) is 2.11. The van der Waals surface area contributed by atoms with Gasteiger partial charge < -0.3 is 4.74 Å². The van der Waals surface area contributed by atoms with Crippen LogP contribution in [-0.2, 0) is 4.74 Å². The van der Waals surface area contributed by atoms with E-state index in [1.54, 1.807) is 0 Å². The zero-order valence-corrected chi connectivity index (χ0v) is 6.33. The lowest BCUT2D eigenvalue weighted by Crippen LogP contribution is -1.97. The largest absolute Gasteiger partial charge is 0.379 e. The Morgan fingerprint density at radius 2 is 2.14 bits per heavy atom. The van der Waals surface area contributed by atoms with Gasteiger partial charge in [-0.2, -0.15) is 0 Å². The Hall–Kier alpha value is 0.730. The van der Waals surface area contributed by atoms with E-state index in [0.29, 0.717) is 12.5 Å². The number of halogens is 2. The van der Waals surface area contributed by atoms with Gasteiger partial charge >= 0.3 is 0 Å². The maximum atomic E-state index is 5.30. The van der Waals surface area contributed by atoms with Crippen molar-refractivity contribution < 1.29 is 4.74 Å². The molecule has 0 fully saturated rings. The standard InChI is InChI=1S/C4H8BrClO/c5-1-3-7-4-2-6/h1-4H2. The topological polar surface area (TPSA) is 9.23 Å². The predicted octanol–water partition coefficient (Wildman–Crippen LogP) is 1.64. The summed E-state index contributed by atoms with van der Waals surface area (Å²) in [5.74, 6) is 0.590. The Bertz CT molecular complexity index is 30.9. The van der Waals surface area contributed by atoms with Crippen molar-refractivity contribution in [1.29, 1.82) is 0 Å². The molecule has 0 rings (SSSR count). The number of hydrogen-bond acceptors (Lipinski definition) is 1.